The van der Waals surface area contributed by atoms with Gasteiger partial charge in [-0.25, -0.2) is 4.98 Å². The van der Waals surface area contributed by atoms with Gasteiger partial charge in [-0.1, -0.05) is 0 Å². The number of nitrogens with one attached hydrogen (secondary N) is 1. The van der Waals surface area contributed by atoms with E-state index in [0.717, 1.165) is 0 Å². The first-order valence-electron chi connectivity index (χ1n) is 5.56. The Bertz CT molecular complexity index is 345. The summed E-state index contributed by atoms with van der Waals surface area (Å²) in [5, 5.41) is 19.5. The third kappa shape index (κ3) is 2.64. The molecule has 1 fully saturated rings. The van der Waals surface area contributed by atoms with Crippen LogP contribution in [-0.2, 0) is 11.3 Å². The number of hydrogen-bond acceptors (Lipinski definition) is 6. The molecule has 1 heterocycles. The minimum atomic E-state index is -1.07. The fraction of sp³-hybridized carbons (Fsp3) is 0.700. The van der Waals surface area contributed by atoms with Gasteiger partial charge in [0.05, 0.1) is 6.10 Å². The van der Waals surface area contributed by atoms with Crippen molar-refractivity contribution in [2.24, 2.45) is 11.5 Å². The summed E-state index contributed by atoms with van der Waals surface area (Å²) in [5.74, 6) is 0.647. The second kappa shape index (κ2) is 5.11. The molecule has 96 valence electrons. The van der Waals surface area contributed by atoms with Gasteiger partial charge >= 0.3 is 0 Å². The van der Waals surface area contributed by atoms with Crippen LogP contribution in [0.25, 0.3) is 0 Å². The molecule has 0 saturated heterocycles. The van der Waals surface area contributed by atoms with Crippen molar-refractivity contribution in [1.29, 1.82) is 0 Å². The van der Waals surface area contributed by atoms with Gasteiger partial charge in [-0.05, 0) is 6.42 Å². The zero-order valence-corrected chi connectivity index (χ0v) is 9.36. The smallest absolute Gasteiger partial charge is 0.132 e. The summed E-state index contributed by atoms with van der Waals surface area (Å²) < 4.78 is 5.49. The zero-order valence-electron chi connectivity index (χ0n) is 9.36. The van der Waals surface area contributed by atoms with E-state index in [1.807, 2.05) is 0 Å². The van der Waals surface area contributed by atoms with E-state index >= 15 is 0 Å². The summed E-state index contributed by atoms with van der Waals surface area (Å²) in [6.07, 6.45) is 1.01. The number of ether oxygens (including phenoxy) is 1. The van der Waals surface area contributed by atoms with Crippen LogP contribution < -0.4 is 11.5 Å². The van der Waals surface area contributed by atoms with E-state index in [-0.39, 0.29) is 6.61 Å². The van der Waals surface area contributed by atoms with E-state index in [9.17, 15) is 10.2 Å². The molecule has 7 heteroatoms. The molecular formula is C10H18N4O3. The number of H-pyrrole nitrogens is 1. The molecule has 0 bridgehead atoms. The molecule has 0 aromatic carbocycles. The topological polar surface area (TPSA) is 130 Å². The Labute approximate surface area is 98.8 Å². The Morgan fingerprint density at radius 1 is 1.35 bits per heavy atom. The van der Waals surface area contributed by atoms with Crippen molar-refractivity contribution in [1.82, 2.24) is 9.97 Å². The van der Waals surface area contributed by atoms with Gasteiger partial charge in [0.2, 0.25) is 0 Å². The lowest BCUT2D eigenvalue weighted by atomic mass is 9.85. The maximum Gasteiger partial charge on any atom is 0.132 e. The number of aliphatic hydroxyl groups is 2. The minimum Gasteiger partial charge on any atom is -0.389 e. The van der Waals surface area contributed by atoms with Gasteiger partial charge in [-0.3, -0.25) is 0 Å². The van der Waals surface area contributed by atoms with E-state index in [0.29, 0.717) is 12.2 Å². The standard InChI is InChI=1S/C10H18N4O3/c11-5-3-6(12)10(9(16)8(5)15)17-4-7-13-1-2-14-7/h1-2,5-6,8-10,15-16H,3-4,11-12H2,(H,13,14)/t5-,6+,8+,9-,10-/m1/s1. The molecular weight excluding hydrogens is 224 g/mol. The lowest BCUT2D eigenvalue weighted by Gasteiger charge is -2.39. The third-order valence-electron chi connectivity index (χ3n) is 3.06. The summed E-state index contributed by atoms with van der Waals surface area (Å²) in [6.45, 7) is 0.213. The predicted molar refractivity (Wildman–Crippen MR) is 59.7 cm³/mol. The molecule has 0 aliphatic heterocycles. The number of hydrogen-bond donors (Lipinski definition) is 5. The van der Waals surface area contributed by atoms with Crippen molar-refractivity contribution < 1.29 is 14.9 Å². The van der Waals surface area contributed by atoms with Crippen LogP contribution in [0.2, 0.25) is 0 Å². The average Bonchev–Trinajstić information content (AvgIpc) is 2.79. The first kappa shape index (κ1) is 12.5. The van der Waals surface area contributed by atoms with E-state index in [4.69, 9.17) is 16.2 Å². The van der Waals surface area contributed by atoms with Gasteiger partial charge in [0.25, 0.3) is 0 Å². The van der Waals surface area contributed by atoms with Crippen LogP contribution in [-0.4, -0.2) is 50.6 Å². The number of imidazole rings is 1. The molecule has 7 N–H and O–H groups in total. The van der Waals surface area contributed by atoms with Crippen molar-refractivity contribution in [2.75, 3.05) is 0 Å². The number of rotatable bonds is 3. The highest BCUT2D eigenvalue weighted by molar-refractivity contribution is 4.98. The second-order valence-electron chi connectivity index (χ2n) is 4.36. The molecule has 0 amide bonds. The van der Waals surface area contributed by atoms with Crippen molar-refractivity contribution >= 4 is 0 Å². The maximum atomic E-state index is 9.84. The molecule has 7 nitrogen and oxygen atoms in total. The Morgan fingerprint density at radius 3 is 2.76 bits per heavy atom. The molecule has 0 unspecified atom stereocenters. The Hall–Kier alpha value is -0.990. The Morgan fingerprint density at radius 2 is 2.12 bits per heavy atom. The highest BCUT2D eigenvalue weighted by atomic mass is 16.5. The molecule has 0 radical (unpaired) electrons. The lowest BCUT2D eigenvalue weighted by Crippen LogP contribution is -2.61. The lowest BCUT2D eigenvalue weighted by molar-refractivity contribution is -0.132. The van der Waals surface area contributed by atoms with Gasteiger partial charge in [-0.15, -0.1) is 0 Å². The van der Waals surface area contributed by atoms with E-state index in [1.165, 1.54) is 0 Å². The maximum absolute atomic E-state index is 9.84. The van der Waals surface area contributed by atoms with Gasteiger partial charge in [-0.2, -0.15) is 0 Å². The third-order valence-corrected chi connectivity index (χ3v) is 3.06. The average molecular weight is 242 g/mol. The minimum absolute atomic E-state index is 0.213. The van der Waals surface area contributed by atoms with Gasteiger partial charge in [0.15, 0.2) is 0 Å². The Balaban J connectivity index is 1.94. The van der Waals surface area contributed by atoms with Crippen molar-refractivity contribution in [3.63, 3.8) is 0 Å². The number of aromatic amines is 1. The number of nitrogens with zero attached hydrogens (tertiary/aromatic N) is 1. The van der Waals surface area contributed by atoms with Crippen LogP contribution in [0.1, 0.15) is 12.2 Å². The number of aromatic nitrogens is 2. The molecule has 17 heavy (non-hydrogen) atoms. The highest BCUT2D eigenvalue weighted by Crippen LogP contribution is 2.21. The summed E-state index contributed by atoms with van der Waals surface area (Å²) in [7, 11) is 0. The monoisotopic (exact) mass is 242 g/mol. The van der Waals surface area contributed by atoms with Crippen molar-refractivity contribution in [3.8, 4) is 0 Å². The summed E-state index contributed by atoms with van der Waals surface area (Å²) in [6, 6.07) is -0.901. The fourth-order valence-electron chi connectivity index (χ4n) is 2.06. The van der Waals surface area contributed by atoms with E-state index in [2.05, 4.69) is 9.97 Å². The van der Waals surface area contributed by atoms with E-state index < -0.39 is 30.4 Å². The largest absolute Gasteiger partial charge is 0.389 e. The molecule has 2 rings (SSSR count). The highest BCUT2D eigenvalue weighted by Gasteiger charge is 2.41. The molecule has 1 saturated carbocycles. The van der Waals surface area contributed by atoms with Gasteiger partial charge in [0, 0.05) is 24.5 Å². The van der Waals surface area contributed by atoms with Crippen LogP contribution in [0, 0.1) is 0 Å². The van der Waals surface area contributed by atoms with Crippen LogP contribution in [0.4, 0.5) is 0 Å². The zero-order chi connectivity index (χ0) is 12.4. The van der Waals surface area contributed by atoms with Crippen molar-refractivity contribution in [3.05, 3.63) is 18.2 Å². The first-order valence-corrected chi connectivity index (χ1v) is 5.56. The molecule has 1 aromatic rings. The summed E-state index contributed by atoms with van der Waals surface area (Å²) >= 11 is 0. The molecule has 5 atom stereocenters. The van der Waals surface area contributed by atoms with Crippen LogP contribution in [0.15, 0.2) is 12.4 Å². The van der Waals surface area contributed by atoms with Crippen LogP contribution >= 0.6 is 0 Å². The molecule has 1 aliphatic carbocycles. The van der Waals surface area contributed by atoms with E-state index in [1.54, 1.807) is 12.4 Å². The van der Waals surface area contributed by atoms with Gasteiger partial charge in [0.1, 0.15) is 24.6 Å². The van der Waals surface area contributed by atoms with Crippen LogP contribution in [0.5, 0.6) is 0 Å². The quantitative estimate of drug-likeness (QED) is 0.420. The predicted octanol–water partition coefficient (Wildman–Crippen LogP) is -1.92. The second-order valence-corrected chi connectivity index (χ2v) is 4.36. The van der Waals surface area contributed by atoms with Crippen LogP contribution in [0.3, 0.4) is 0 Å². The first-order chi connectivity index (χ1) is 8.09. The normalized spacial score (nSPS) is 38.2. The van der Waals surface area contributed by atoms with Gasteiger partial charge < -0.3 is 31.4 Å². The molecule has 0 spiro atoms. The fourth-order valence-corrected chi connectivity index (χ4v) is 2.06. The summed E-state index contributed by atoms with van der Waals surface area (Å²) in [5.41, 5.74) is 11.5. The SMILES string of the molecule is N[C@@H]1C[C@H](N)[C@@H](OCc2ncc[nH]2)[C@H](O)[C@H]1O. The summed E-state index contributed by atoms with van der Waals surface area (Å²) in [4.78, 5) is 6.88. The number of aliphatic hydroxyl groups excluding tert-OH is 2. The molecule has 1 aliphatic rings. The Kier molecular flexibility index (Phi) is 3.75. The number of nitrogens with two attached hydrogens (primary N) is 2. The molecule has 1 aromatic heterocycles. The van der Waals surface area contributed by atoms with Crippen molar-refractivity contribution in [2.45, 2.75) is 43.4 Å².